The Labute approximate surface area is 149 Å². The molecule has 5 nitrogen and oxygen atoms in total. The SMILES string of the molecule is CCCC(=O)N1CCCN(C(C)C(=O)Nc2ccc(C)c(F)c2)CC1. The second-order valence-electron chi connectivity index (χ2n) is 6.65. The third-order valence-corrected chi connectivity index (χ3v) is 4.71. The summed E-state index contributed by atoms with van der Waals surface area (Å²) < 4.78 is 13.6. The second kappa shape index (κ2) is 8.94. The van der Waals surface area contributed by atoms with E-state index in [0.717, 1.165) is 25.9 Å². The highest BCUT2D eigenvalue weighted by molar-refractivity contribution is 5.94. The molecule has 0 bridgehead atoms. The summed E-state index contributed by atoms with van der Waals surface area (Å²) in [5.41, 5.74) is 1.02. The molecule has 0 aromatic heterocycles. The lowest BCUT2D eigenvalue weighted by atomic mass is 10.2. The Morgan fingerprint density at radius 1 is 1.24 bits per heavy atom. The smallest absolute Gasteiger partial charge is 0.241 e. The van der Waals surface area contributed by atoms with Crippen LogP contribution in [0.25, 0.3) is 0 Å². The van der Waals surface area contributed by atoms with Gasteiger partial charge in [-0.25, -0.2) is 4.39 Å². The highest BCUT2D eigenvalue weighted by Gasteiger charge is 2.25. The summed E-state index contributed by atoms with van der Waals surface area (Å²) >= 11 is 0. The van der Waals surface area contributed by atoms with Crippen molar-refractivity contribution in [3.8, 4) is 0 Å². The van der Waals surface area contributed by atoms with E-state index in [4.69, 9.17) is 0 Å². The molecule has 0 saturated carbocycles. The highest BCUT2D eigenvalue weighted by Crippen LogP contribution is 2.15. The van der Waals surface area contributed by atoms with Crippen LogP contribution in [0.15, 0.2) is 18.2 Å². The minimum absolute atomic E-state index is 0.156. The van der Waals surface area contributed by atoms with Crippen LogP contribution >= 0.6 is 0 Å². The Kier molecular flexibility index (Phi) is 6.93. The second-order valence-corrected chi connectivity index (χ2v) is 6.65. The number of carbonyl (C=O) groups is 2. The van der Waals surface area contributed by atoms with Gasteiger partial charge < -0.3 is 10.2 Å². The van der Waals surface area contributed by atoms with Gasteiger partial charge in [0.15, 0.2) is 0 Å². The maximum Gasteiger partial charge on any atom is 0.241 e. The molecule has 6 heteroatoms. The van der Waals surface area contributed by atoms with Gasteiger partial charge in [0.25, 0.3) is 0 Å². The van der Waals surface area contributed by atoms with Crippen LogP contribution in [0.5, 0.6) is 0 Å². The zero-order valence-corrected chi connectivity index (χ0v) is 15.3. The fourth-order valence-electron chi connectivity index (χ4n) is 3.03. The highest BCUT2D eigenvalue weighted by atomic mass is 19.1. The molecule has 25 heavy (non-hydrogen) atoms. The lowest BCUT2D eigenvalue weighted by Crippen LogP contribution is -2.44. The molecule has 2 amide bonds. The summed E-state index contributed by atoms with van der Waals surface area (Å²) in [6, 6.07) is 4.37. The van der Waals surface area contributed by atoms with E-state index in [-0.39, 0.29) is 23.7 Å². The fourth-order valence-corrected chi connectivity index (χ4v) is 3.03. The maximum atomic E-state index is 13.6. The molecule has 1 atom stereocenters. The molecule has 1 aromatic carbocycles. The van der Waals surface area contributed by atoms with Crippen molar-refractivity contribution < 1.29 is 14.0 Å². The maximum absolute atomic E-state index is 13.6. The van der Waals surface area contributed by atoms with Crippen molar-refractivity contribution in [3.63, 3.8) is 0 Å². The van der Waals surface area contributed by atoms with Gasteiger partial charge >= 0.3 is 0 Å². The summed E-state index contributed by atoms with van der Waals surface area (Å²) in [5, 5.41) is 2.78. The number of amides is 2. The van der Waals surface area contributed by atoms with Gasteiger partial charge in [-0.15, -0.1) is 0 Å². The van der Waals surface area contributed by atoms with Crippen molar-refractivity contribution >= 4 is 17.5 Å². The molecule has 2 rings (SSSR count). The van der Waals surface area contributed by atoms with Crippen LogP contribution in [-0.2, 0) is 9.59 Å². The van der Waals surface area contributed by atoms with E-state index in [1.165, 1.54) is 6.07 Å². The van der Waals surface area contributed by atoms with Crippen molar-refractivity contribution in [1.29, 1.82) is 0 Å². The van der Waals surface area contributed by atoms with E-state index in [0.29, 0.717) is 30.8 Å². The Balaban J connectivity index is 1.92. The molecule has 0 radical (unpaired) electrons. The molecule has 1 aliphatic heterocycles. The number of nitrogens with one attached hydrogen (secondary N) is 1. The number of hydrogen-bond acceptors (Lipinski definition) is 3. The monoisotopic (exact) mass is 349 g/mol. The van der Waals surface area contributed by atoms with Crippen LogP contribution in [0.1, 0.15) is 38.7 Å². The lowest BCUT2D eigenvalue weighted by Gasteiger charge is -2.27. The van der Waals surface area contributed by atoms with E-state index in [1.807, 2.05) is 18.7 Å². The number of hydrogen-bond donors (Lipinski definition) is 1. The van der Waals surface area contributed by atoms with E-state index in [2.05, 4.69) is 10.2 Å². The predicted octanol–water partition coefficient (Wildman–Crippen LogP) is 2.80. The Morgan fingerprint density at radius 2 is 2.00 bits per heavy atom. The molecule has 0 spiro atoms. The van der Waals surface area contributed by atoms with E-state index >= 15 is 0 Å². The average molecular weight is 349 g/mol. The summed E-state index contributed by atoms with van der Waals surface area (Å²) in [6.07, 6.45) is 2.28. The quantitative estimate of drug-likeness (QED) is 0.889. The first-order chi connectivity index (χ1) is 11.9. The van der Waals surface area contributed by atoms with Crippen molar-refractivity contribution in [2.75, 3.05) is 31.5 Å². The van der Waals surface area contributed by atoms with Crippen LogP contribution in [0.3, 0.4) is 0 Å². The molecule has 1 saturated heterocycles. The number of halogens is 1. The lowest BCUT2D eigenvalue weighted by molar-refractivity contribution is -0.131. The van der Waals surface area contributed by atoms with Gasteiger partial charge in [0, 0.05) is 38.3 Å². The summed E-state index contributed by atoms with van der Waals surface area (Å²) in [6.45, 7) is 8.37. The number of anilines is 1. The Morgan fingerprint density at radius 3 is 2.68 bits per heavy atom. The third-order valence-electron chi connectivity index (χ3n) is 4.71. The first-order valence-electron chi connectivity index (χ1n) is 9.01. The molecular weight excluding hydrogens is 321 g/mol. The molecule has 1 fully saturated rings. The van der Waals surface area contributed by atoms with Crippen molar-refractivity contribution in [2.24, 2.45) is 0 Å². The third kappa shape index (κ3) is 5.26. The van der Waals surface area contributed by atoms with E-state index in [9.17, 15) is 14.0 Å². The number of aryl methyl sites for hydroxylation is 1. The number of benzene rings is 1. The van der Waals surface area contributed by atoms with Crippen LogP contribution in [-0.4, -0.2) is 53.8 Å². The van der Waals surface area contributed by atoms with E-state index in [1.54, 1.807) is 19.1 Å². The van der Waals surface area contributed by atoms with Gasteiger partial charge in [-0.2, -0.15) is 0 Å². The topological polar surface area (TPSA) is 52.7 Å². The van der Waals surface area contributed by atoms with Crippen molar-refractivity contribution in [1.82, 2.24) is 9.80 Å². The zero-order valence-electron chi connectivity index (χ0n) is 15.3. The minimum atomic E-state index is -0.328. The largest absolute Gasteiger partial charge is 0.341 e. The molecule has 138 valence electrons. The molecule has 0 aliphatic carbocycles. The first-order valence-corrected chi connectivity index (χ1v) is 9.01. The van der Waals surface area contributed by atoms with Gasteiger partial charge in [0.1, 0.15) is 5.82 Å². The van der Waals surface area contributed by atoms with Gasteiger partial charge in [-0.1, -0.05) is 13.0 Å². The molecular formula is C19H28FN3O2. The summed E-state index contributed by atoms with van der Waals surface area (Å²) in [4.78, 5) is 28.5. The summed E-state index contributed by atoms with van der Waals surface area (Å²) in [5.74, 6) is -0.293. The first kappa shape index (κ1) is 19.4. The predicted molar refractivity (Wildman–Crippen MR) is 96.9 cm³/mol. The van der Waals surface area contributed by atoms with E-state index < -0.39 is 0 Å². The summed E-state index contributed by atoms with van der Waals surface area (Å²) in [7, 11) is 0. The normalized spacial score (nSPS) is 17.0. The van der Waals surface area contributed by atoms with Gasteiger partial charge in [0.2, 0.25) is 11.8 Å². The number of nitrogens with zero attached hydrogens (tertiary/aromatic N) is 2. The Bertz CT molecular complexity index is 621. The van der Waals surface area contributed by atoms with Crippen molar-refractivity contribution in [3.05, 3.63) is 29.6 Å². The van der Waals surface area contributed by atoms with Gasteiger partial charge in [0.05, 0.1) is 6.04 Å². The van der Waals surface area contributed by atoms with Gasteiger partial charge in [-0.05, 0) is 44.4 Å². The van der Waals surface area contributed by atoms with Crippen LogP contribution < -0.4 is 5.32 Å². The molecule has 1 aromatic rings. The van der Waals surface area contributed by atoms with Crippen LogP contribution in [0.2, 0.25) is 0 Å². The Hall–Kier alpha value is -1.95. The van der Waals surface area contributed by atoms with Crippen molar-refractivity contribution in [2.45, 2.75) is 46.1 Å². The number of carbonyl (C=O) groups excluding carboxylic acids is 2. The molecule has 1 unspecified atom stereocenters. The van der Waals surface area contributed by atoms with Crippen LogP contribution in [0, 0.1) is 12.7 Å². The standard InChI is InChI=1S/C19H28FN3O2/c1-4-6-18(24)23-10-5-9-22(11-12-23)15(3)19(25)21-16-8-7-14(2)17(20)13-16/h7-8,13,15H,4-6,9-12H2,1-3H3,(H,21,25). The average Bonchev–Trinajstić information content (AvgIpc) is 2.84. The number of rotatable bonds is 5. The molecule has 1 N–H and O–H groups in total. The minimum Gasteiger partial charge on any atom is -0.341 e. The zero-order chi connectivity index (χ0) is 18.4. The van der Waals surface area contributed by atoms with Gasteiger partial charge in [-0.3, -0.25) is 14.5 Å². The van der Waals surface area contributed by atoms with Crippen LogP contribution in [0.4, 0.5) is 10.1 Å². The molecule has 1 aliphatic rings. The fraction of sp³-hybridized carbons (Fsp3) is 0.579. The molecule has 1 heterocycles.